The van der Waals surface area contributed by atoms with Gasteiger partial charge in [-0.3, -0.25) is 0 Å². The smallest absolute Gasteiger partial charge is 0.129 e. The Bertz CT molecular complexity index is 226. The van der Waals surface area contributed by atoms with E-state index in [9.17, 15) is 4.79 Å². The molecule has 15 heavy (non-hydrogen) atoms. The maximum absolute atomic E-state index is 9.81. The standard InChI is InChI=1S/C8H10.C4H8O.C2H6/c1-7-3-5-8(2)6-4-7;1-3-4(2)5;1-2/h3-6H,1-2H3;3H2,1-2H3;1-2H3. The predicted octanol–water partition coefficient (Wildman–Crippen LogP) is 4.32. The summed E-state index contributed by atoms with van der Waals surface area (Å²) >= 11 is 0. The quantitative estimate of drug-likeness (QED) is 0.672. The van der Waals surface area contributed by atoms with E-state index in [-0.39, 0.29) is 5.78 Å². The topological polar surface area (TPSA) is 17.1 Å². The Morgan fingerprint density at radius 1 is 1.00 bits per heavy atom. The molecule has 0 fully saturated rings. The summed E-state index contributed by atoms with van der Waals surface area (Å²) in [6, 6.07) is 8.48. The van der Waals surface area contributed by atoms with Gasteiger partial charge in [-0.25, -0.2) is 0 Å². The van der Waals surface area contributed by atoms with E-state index in [2.05, 4.69) is 38.1 Å². The normalized spacial score (nSPS) is 7.87. The molecule has 1 heteroatoms. The van der Waals surface area contributed by atoms with E-state index < -0.39 is 0 Å². The van der Waals surface area contributed by atoms with Crippen LogP contribution in [0.2, 0.25) is 0 Å². The lowest BCUT2D eigenvalue weighted by Gasteiger charge is -1.90. The van der Waals surface area contributed by atoms with Gasteiger partial charge in [0.25, 0.3) is 0 Å². The Balaban J connectivity index is 0. The maximum Gasteiger partial charge on any atom is 0.129 e. The highest BCUT2D eigenvalue weighted by Crippen LogP contribution is 1.99. The SMILES string of the molecule is CC.CCC(C)=O.Cc1ccc(C)cc1. The van der Waals surface area contributed by atoms with Gasteiger partial charge >= 0.3 is 0 Å². The molecule has 1 aromatic rings. The average Bonchev–Trinajstić information content (AvgIpc) is 2.26. The number of Topliss-reactive ketones (excluding diaryl/α,β-unsaturated/α-hetero) is 1. The molecule has 0 heterocycles. The minimum absolute atomic E-state index is 0.255. The van der Waals surface area contributed by atoms with Gasteiger partial charge in [-0.2, -0.15) is 0 Å². The van der Waals surface area contributed by atoms with Gasteiger partial charge in [0.05, 0.1) is 0 Å². The third kappa shape index (κ3) is 12.9. The Morgan fingerprint density at radius 3 is 1.33 bits per heavy atom. The molecule has 0 spiro atoms. The summed E-state index contributed by atoms with van der Waals surface area (Å²) in [6.07, 6.45) is 0.667. The Kier molecular flexibility index (Phi) is 11.9. The van der Waals surface area contributed by atoms with E-state index in [1.54, 1.807) is 6.92 Å². The molecule has 0 unspecified atom stereocenters. The van der Waals surface area contributed by atoms with Crippen molar-refractivity contribution in [3.05, 3.63) is 35.4 Å². The fourth-order valence-corrected chi connectivity index (χ4v) is 0.637. The summed E-state index contributed by atoms with van der Waals surface area (Å²) in [7, 11) is 0. The van der Waals surface area contributed by atoms with Crippen LogP contribution in [-0.4, -0.2) is 5.78 Å². The van der Waals surface area contributed by atoms with Crippen molar-refractivity contribution in [2.75, 3.05) is 0 Å². The van der Waals surface area contributed by atoms with Gasteiger partial charge in [-0.15, -0.1) is 0 Å². The van der Waals surface area contributed by atoms with Gasteiger partial charge in [0.15, 0.2) is 0 Å². The molecule has 0 radical (unpaired) electrons. The number of hydrogen-bond donors (Lipinski definition) is 0. The lowest BCUT2D eigenvalue weighted by Crippen LogP contribution is -1.80. The van der Waals surface area contributed by atoms with Crippen molar-refractivity contribution in [1.82, 2.24) is 0 Å². The first kappa shape index (κ1) is 16.3. The fourth-order valence-electron chi connectivity index (χ4n) is 0.637. The zero-order valence-electron chi connectivity index (χ0n) is 10.9. The van der Waals surface area contributed by atoms with Crippen LogP contribution in [0.25, 0.3) is 0 Å². The summed E-state index contributed by atoms with van der Waals surface area (Å²) in [5.74, 6) is 0.255. The summed E-state index contributed by atoms with van der Waals surface area (Å²) in [4.78, 5) is 9.81. The minimum atomic E-state index is 0.255. The number of rotatable bonds is 1. The maximum atomic E-state index is 9.81. The van der Waals surface area contributed by atoms with Crippen LogP contribution in [0.1, 0.15) is 45.2 Å². The molecule has 0 aliphatic carbocycles. The lowest BCUT2D eigenvalue weighted by atomic mass is 10.2. The zero-order valence-corrected chi connectivity index (χ0v) is 10.9. The van der Waals surface area contributed by atoms with E-state index in [1.165, 1.54) is 11.1 Å². The number of ketones is 1. The van der Waals surface area contributed by atoms with Crippen molar-refractivity contribution in [2.45, 2.75) is 48.0 Å². The second-order valence-electron chi connectivity index (χ2n) is 3.21. The Morgan fingerprint density at radius 2 is 1.20 bits per heavy atom. The second-order valence-corrected chi connectivity index (χ2v) is 3.21. The van der Waals surface area contributed by atoms with Gasteiger partial charge in [-0.1, -0.05) is 56.2 Å². The van der Waals surface area contributed by atoms with Gasteiger partial charge in [0, 0.05) is 6.42 Å². The van der Waals surface area contributed by atoms with Crippen molar-refractivity contribution >= 4 is 5.78 Å². The molecule has 0 aliphatic rings. The van der Waals surface area contributed by atoms with Crippen LogP contribution < -0.4 is 0 Å². The third-order valence-corrected chi connectivity index (χ3v) is 1.72. The van der Waals surface area contributed by atoms with Crippen LogP contribution >= 0.6 is 0 Å². The van der Waals surface area contributed by atoms with Gasteiger partial charge in [0.1, 0.15) is 5.78 Å². The monoisotopic (exact) mass is 208 g/mol. The molecular weight excluding hydrogens is 184 g/mol. The number of carbonyl (C=O) groups is 1. The van der Waals surface area contributed by atoms with Crippen LogP contribution in [0.4, 0.5) is 0 Å². The molecule has 1 aromatic carbocycles. The van der Waals surface area contributed by atoms with Crippen molar-refractivity contribution < 1.29 is 4.79 Å². The lowest BCUT2D eigenvalue weighted by molar-refractivity contribution is -0.116. The molecule has 1 nitrogen and oxygen atoms in total. The summed E-state index contributed by atoms with van der Waals surface area (Å²) in [5, 5.41) is 0. The molecule has 1 rings (SSSR count). The first-order valence-corrected chi connectivity index (χ1v) is 5.59. The van der Waals surface area contributed by atoms with Crippen molar-refractivity contribution in [3.63, 3.8) is 0 Å². The number of aryl methyl sites for hydroxylation is 2. The summed E-state index contributed by atoms with van der Waals surface area (Å²) in [5.41, 5.74) is 2.66. The molecule has 0 saturated carbocycles. The molecule has 0 saturated heterocycles. The van der Waals surface area contributed by atoms with E-state index in [0.717, 1.165) is 0 Å². The molecule has 86 valence electrons. The van der Waals surface area contributed by atoms with Crippen molar-refractivity contribution in [3.8, 4) is 0 Å². The van der Waals surface area contributed by atoms with Crippen LogP contribution in [0.5, 0.6) is 0 Å². The minimum Gasteiger partial charge on any atom is -0.300 e. The summed E-state index contributed by atoms with van der Waals surface area (Å²) < 4.78 is 0. The van der Waals surface area contributed by atoms with Crippen LogP contribution in [-0.2, 0) is 4.79 Å². The van der Waals surface area contributed by atoms with Crippen LogP contribution in [0, 0.1) is 13.8 Å². The highest BCUT2D eigenvalue weighted by atomic mass is 16.1. The van der Waals surface area contributed by atoms with Crippen molar-refractivity contribution in [1.29, 1.82) is 0 Å². The molecule has 0 atom stereocenters. The first-order chi connectivity index (χ1) is 7.06. The highest BCUT2D eigenvalue weighted by molar-refractivity contribution is 5.74. The molecule has 0 bridgehead atoms. The fraction of sp³-hybridized carbons (Fsp3) is 0.500. The molecule has 0 aromatic heterocycles. The van der Waals surface area contributed by atoms with Crippen LogP contribution in [0.3, 0.4) is 0 Å². The van der Waals surface area contributed by atoms with Crippen molar-refractivity contribution in [2.24, 2.45) is 0 Å². The first-order valence-electron chi connectivity index (χ1n) is 5.59. The van der Waals surface area contributed by atoms with Crippen LogP contribution in [0.15, 0.2) is 24.3 Å². The molecule has 0 N–H and O–H groups in total. The van der Waals surface area contributed by atoms with E-state index in [1.807, 2.05) is 20.8 Å². The van der Waals surface area contributed by atoms with E-state index in [4.69, 9.17) is 0 Å². The average molecular weight is 208 g/mol. The van der Waals surface area contributed by atoms with E-state index in [0.29, 0.717) is 6.42 Å². The Labute approximate surface area is 94.5 Å². The predicted molar refractivity (Wildman–Crippen MR) is 68.2 cm³/mol. The number of carbonyl (C=O) groups excluding carboxylic acids is 1. The van der Waals surface area contributed by atoms with E-state index >= 15 is 0 Å². The number of hydrogen-bond acceptors (Lipinski definition) is 1. The molecule has 0 aliphatic heterocycles. The molecule has 0 amide bonds. The summed E-state index contributed by atoms with van der Waals surface area (Å²) in [6.45, 7) is 11.6. The Hall–Kier alpha value is -1.11. The zero-order chi connectivity index (χ0) is 12.3. The third-order valence-electron chi connectivity index (χ3n) is 1.72. The highest BCUT2D eigenvalue weighted by Gasteiger charge is 1.79. The molecular formula is C14H24O. The largest absolute Gasteiger partial charge is 0.300 e. The second kappa shape index (κ2) is 11.0. The van der Waals surface area contributed by atoms with Gasteiger partial charge in [0.2, 0.25) is 0 Å². The number of benzene rings is 1. The van der Waals surface area contributed by atoms with Gasteiger partial charge in [-0.05, 0) is 20.8 Å². The van der Waals surface area contributed by atoms with Gasteiger partial charge < -0.3 is 4.79 Å².